The van der Waals surface area contributed by atoms with E-state index in [1.54, 1.807) is 0 Å². The molecule has 0 N–H and O–H groups in total. The van der Waals surface area contributed by atoms with E-state index in [-0.39, 0.29) is 5.92 Å². The maximum atomic E-state index is 12.6. The van der Waals surface area contributed by atoms with Gasteiger partial charge in [-0.05, 0) is 25.2 Å². The number of rotatable bonds is 3. The molecule has 0 bridgehead atoms. The molecule has 3 aliphatic rings. The Bertz CT molecular complexity index is 574. The first-order valence-corrected chi connectivity index (χ1v) is 8.61. The van der Waals surface area contributed by atoms with Gasteiger partial charge in [-0.15, -0.1) is 0 Å². The van der Waals surface area contributed by atoms with Gasteiger partial charge in [-0.2, -0.15) is 0 Å². The first kappa shape index (κ1) is 17.0. The van der Waals surface area contributed by atoms with Crippen molar-refractivity contribution in [2.75, 3.05) is 40.5 Å². The van der Waals surface area contributed by atoms with Crippen LogP contribution < -0.4 is 0 Å². The first-order valence-electron chi connectivity index (χ1n) is 8.61. The molecule has 2 fully saturated rings. The molecule has 1 saturated heterocycles. The molecular weight excluding hydrogens is 310 g/mol. The number of esters is 2. The van der Waals surface area contributed by atoms with Crippen LogP contribution in [0.3, 0.4) is 0 Å². The average molecular weight is 335 g/mol. The third kappa shape index (κ3) is 3.07. The van der Waals surface area contributed by atoms with Crippen LogP contribution in [-0.4, -0.2) is 57.4 Å². The minimum atomic E-state index is -0.471. The van der Waals surface area contributed by atoms with Crippen molar-refractivity contribution in [2.24, 2.45) is 11.8 Å². The zero-order valence-corrected chi connectivity index (χ0v) is 14.4. The average Bonchev–Trinajstić information content (AvgIpc) is 3.02. The Morgan fingerprint density at radius 3 is 2.50 bits per heavy atom. The van der Waals surface area contributed by atoms with Crippen molar-refractivity contribution in [3.8, 4) is 0 Å². The molecule has 1 heterocycles. The van der Waals surface area contributed by atoms with E-state index < -0.39 is 11.9 Å². The summed E-state index contributed by atoms with van der Waals surface area (Å²) in [5, 5.41) is 0. The van der Waals surface area contributed by atoms with E-state index in [0.29, 0.717) is 30.3 Å². The largest absolute Gasteiger partial charge is 0.465 e. The summed E-state index contributed by atoms with van der Waals surface area (Å²) in [6.07, 6.45) is 5.98. The van der Waals surface area contributed by atoms with Crippen molar-refractivity contribution in [1.82, 2.24) is 4.90 Å². The molecule has 0 unspecified atom stereocenters. The van der Waals surface area contributed by atoms with Gasteiger partial charge in [0.05, 0.1) is 38.6 Å². The summed E-state index contributed by atoms with van der Waals surface area (Å²) in [5.74, 6) is -0.179. The number of ether oxygens (including phenoxy) is 3. The topological polar surface area (TPSA) is 65.1 Å². The second-order valence-electron chi connectivity index (χ2n) is 6.49. The second-order valence-corrected chi connectivity index (χ2v) is 6.49. The number of carbonyl (C=O) groups excluding carboxylic acids is 2. The monoisotopic (exact) mass is 335 g/mol. The van der Waals surface area contributed by atoms with E-state index in [9.17, 15) is 9.59 Å². The fourth-order valence-corrected chi connectivity index (χ4v) is 4.18. The lowest BCUT2D eigenvalue weighted by molar-refractivity contribution is -0.139. The van der Waals surface area contributed by atoms with Gasteiger partial charge < -0.3 is 19.1 Å². The van der Waals surface area contributed by atoms with Crippen LogP contribution >= 0.6 is 0 Å². The lowest BCUT2D eigenvalue weighted by Gasteiger charge is -2.36. The van der Waals surface area contributed by atoms with Crippen molar-refractivity contribution in [3.63, 3.8) is 0 Å². The molecule has 2 atom stereocenters. The van der Waals surface area contributed by atoms with Crippen LogP contribution in [0.15, 0.2) is 22.9 Å². The molecule has 1 aliphatic heterocycles. The Kier molecular flexibility index (Phi) is 5.23. The van der Waals surface area contributed by atoms with Crippen LogP contribution in [-0.2, 0) is 23.8 Å². The van der Waals surface area contributed by atoms with E-state index in [0.717, 1.165) is 44.5 Å². The molecule has 2 aliphatic carbocycles. The van der Waals surface area contributed by atoms with Crippen molar-refractivity contribution in [2.45, 2.75) is 25.7 Å². The Labute approximate surface area is 142 Å². The molecule has 1 saturated carbocycles. The standard InChI is InChI=1S/C18H25NO5/c1-22-17(20)14-7-6-12-4-3-5-13(12)16(15(14)18(21)23-2)19-8-10-24-11-9-19/h7,12-13H,3-6,8-11H2,1-2H3/t12-,13-/m0/s1. The lowest BCUT2D eigenvalue weighted by Crippen LogP contribution is -2.40. The van der Waals surface area contributed by atoms with Gasteiger partial charge in [-0.3, -0.25) is 0 Å². The van der Waals surface area contributed by atoms with Gasteiger partial charge in [0.2, 0.25) is 0 Å². The molecule has 3 rings (SSSR count). The molecule has 132 valence electrons. The highest BCUT2D eigenvalue weighted by Gasteiger charge is 2.40. The minimum Gasteiger partial charge on any atom is -0.465 e. The Morgan fingerprint density at radius 2 is 1.83 bits per heavy atom. The molecule has 0 aromatic carbocycles. The predicted octanol–water partition coefficient (Wildman–Crippen LogP) is 1.67. The van der Waals surface area contributed by atoms with Gasteiger partial charge in [0.25, 0.3) is 0 Å². The second kappa shape index (κ2) is 7.38. The van der Waals surface area contributed by atoms with Gasteiger partial charge in [0.1, 0.15) is 0 Å². The van der Waals surface area contributed by atoms with E-state index in [1.807, 2.05) is 6.08 Å². The highest BCUT2D eigenvalue weighted by molar-refractivity contribution is 6.07. The molecular formula is C18H25NO5. The maximum Gasteiger partial charge on any atom is 0.340 e. The Hall–Kier alpha value is -1.82. The highest BCUT2D eigenvalue weighted by Crippen LogP contribution is 2.45. The van der Waals surface area contributed by atoms with Gasteiger partial charge in [0, 0.05) is 24.7 Å². The summed E-state index contributed by atoms with van der Waals surface area (Å²) < 4.78 is 15.4. The quantitative estimate of drug-likeness (QED) is 0.731. The normalized spacial score (nSPS) is 27.2. The van der Waals surface area contributed by atoms with Gasteiger partial charge in [-0.1, -0.05) is 12.5 Å². The number of methoxy groups -OCH3 is 2. The maximum absolute atomic E-state index is 12.6. The van der Waals surface area contributed by atoms with E-state index in [2.05, 4.69) is 4.90 Å². The Balaban J connectivity index is 2.13. The summed E-state index contributed by atoms with van der Waals surface area (Å²) >= 11 is 0. The fourth-order valence-electron chi connectivity index (χ4n) is 4.18. The van der Waals surface area contributed by atoms with Crippen molar-refractivity contribution in [1.29, 1.82) is 0 Å². The summed E-state index contributed by atoms with van der Waals surface area (Å²) in [6, 6.07) is 0. The highest BCUT2D eigenvalue weighted by atomic mass is 16.5. The molecule has 6 nitrogen and oxygen atoms in total. The molecule has 6 heteroatoms. The minimum absolute atomic E-state index is 0.288. The lowest BCUT2D eigenvalue weighted by atomic mass is 9.88. The molecule has 0 aromatic heterocycles. The zero-order chi connectivity index (χ0) is 17.1. The van der Waals surface area contributed by atoms with E-state index in [1.165, 1.54) is 14.2 Å². The van der Waals surface area contributed by atoms with Crippen molar-refractivity contribution < 1.29 is 23.8 Å². The van der Waals surface area contributed by atoms with Crippen LogP contribution in [0.2, 0.25) is 0 Å². The zero-order valence-electron chi connectivity index (χ0n) is 14.4. The summed E-state index contributed by atoms with van der Waals surface area (Å²) in [7, 11) is 2.70. The smallest absolute Gasteiger partial charge is 0.340 e. The van der Waals surface area contributed by atoms with Gasteiger partial charge in [-0.25, -0.2) is 9.59 Å². The number of fused-ring (bicyclic) bond motifs is 1. The van der Waals surface area contributed by atoms with Crippen LogP contribution in [0.5, 0.6) is 0 Å². The summed E-state index contributed by atoms with van der Waals surface area (Å²) in [4.78, 5) is 27.1. The third-order valence-corrected chi connectivity index (χ3v) is 5.31. The number of nitrogens with zero attached hydrogens (tertiary/aromatic N) is 1. The predicted molar refractivity (Wildman–Crippen MR) is 87.0 cm³/mol. The van der Waals surface area contributed by atoms with Crippen LogP contribution in [0.1, 0.15) is 25.7 Å². The molecule has 0 spiro atoms. The number of allylic oxidation sites excluding steroid dienone is 2. The van der Waals surface area contributed by atoms with Crippen LogP contribution in [0.4, 0.5) is 0 Å². The van der Waals surface area contributed by atoms with E-state index in [4.69, 9.17) is 14.2 Å². The van der Waals surface area contributed by atoms with Crippen molar-refractivity contribution >= 4 is 11.9 Å². The van der Waals surface area contributed by atoms with E-state index >= 15 is 0 Å². The molecule has 0 amide bonds. The third-order valence-electron chi connectivity index (χ3n) is 5.31. The van der Waals surface area contributed by atoms with Crippen molar-refractivity contribution in [3.05, 3.63) is 22.9 Å². The Morgan fingerprint density at radius 1 is 1.12 bits per heavy atom. The molecule has 24 heavy (non-hydrogen) atoms. The first-order chi connectivity index (χ1) is 11.7. The number of carbonyl (C=O) groups is 2. The summed E-state index contributed by atoms with van der Waals surface area (Å²) in [6.45, 7) is 2.72. The van der Waals surface area contributed by atoms with Crippen LogP contribution in [0, 0.1) is 11.8 Å². The molecule has 0 aromatic rings. The number of morpholine rings is 1. The summed E-state index contributed by atoms with van der Waals surface area (Å²) in [5.41, 5.74) is 1.70. The number of hydrogen-bond donors (Lipinski definition) is 0. The molecule has 0 radical (unpaired) electrons. The number of hydrogen-bond acceptors (Lipinski definition) is 6. The van der Waals surface area contributed by atoms with Crippen LogP contribution in [0.25, 0.3) is 0 Å². The van der Waals surface area contributed by atoms with Gasteiger partial charge in [0.15, 0.2) is 0 Å². The SMILES string of the molecule is COC(=O)C1=CC[C@@H]2CCC[C@@H]2C(N2CCOCC2)=C1C(=O)OC. The fraction of sp³-hybridized carbons (Fsp3) is 0.667. The van der Waals surface area contributed by atoms with Gasteiger partial charge >= 0.3 is 11.9 Å².